The Hall–Kier alpha value is -2.39. The van der Waals surface area contributed by atoms with Gasteiger partial charge in [0.2, 0.25) is 5.91 Å². The van der Waals surface area contributed by atoms with Gasteiger partial charge in [0.25, 0.3) is 0 Å². The van der Waals surface area contributed by atoms with Crippen molar-refractivity contribution < 1.29 is 9.90 Å². The van der Waals surface area contributed by atoms with E-state index in [0.717, 1.165) is 57.8 Å². The van der Waals surface area contributed by atoms with Gasteiger partial charge in [-0.05, 0) is 32.6 Å². The van der Waals surface area contributed by atoms with Gasteiger partial charge in [0.1, 0.15) is 0 Å². The zero-order valence-electron chi connectivity index (χ0n) is 21.9. The fourth-order valence-electron chi connectivity index (χ4n) is 3.38. The van der Waals surface area contributed by atoms with E-state index >= 15 is 0 Å². The quantitative estimate of drug-likeness (QED) is 0.108. The molecule has 34 heavy (non-hydrogen) atoms. The average molecular weight is 468 g/mol. The summed E-state index contributed by atoms with van der Waals surface area (Å²) < 4.78 is 0. The summed E-state index contributed by atoms with van der Waals surface area (Å²) in [4.78, 5) is 12.1. The number of hydrogen-bond donors (Lipinski definition) is 2. The van der Waals surface area contributed by atoms with Gasteiger partial charge in [-0.2, -0.15) is 0 Å². The number of rotatable bonds is 20. The summed E-state index contributed by atoms with van der Waals surface area (Å²) in [7, 11) is 0. The van der Waals surface area contributed by atoms with E-state index in [2.05, 4.69) is 37.4 Å². The third-order valence-electron chi connectivity index (χ3n) is 5.43. The van der Waals surface area contributed by atoms with Crippen LogP contribution in [0.5, 0.6) is 0 Å². The zero-order chi connectivity index (χ0) is 25.2. The van der Waals surface area contributed by atoms with Gasteiger partial charge >= 0.3 is 0 Å². The molecule has 0 heterocycles. The number of nitrogens with one attached hydrogen (secondary N) is 1. The van der Waals surface area contributed by atoms with E-state index in [0.29, 0.717) is 6.54 Å². The van der Waals surface area contributed by atoms with Crippen LogP contribution >= 0.6 is 0 Å². The Labute approximate surface area is 209 Å². The highest BCUT2D eigenvalue weighted by Crippen LogP contribution is 2.22. The highest BCUT2D eigenvalue weighted by atomic mass is 16.3. The van der Waals surface area contributed by atoms with Crippen molar-refractivity contribution in [1.29, 1.82) is 0 Å². The summed E-state index contributed by atoms with van der Waals surface area (Å²) in [5.74, 6) is -0.158. The highest BCUT2D eigenvalue weighted by Gasteiger charge is 2.26. The Morgan fingerprint density at radius 3 is 1.79 bits per heavy atom. The summed E-state index contributed by atoms with van der Waals surface area (Å²) in [6, 6.07) is 0. The lowest BCUT2D eigenvalue weighted by Crippen LogP contribution is -2.42. The number of carbonyl (C=O) groups is 1. The zero-order valence-corrected chi connectivity index (χ0v) is 21.9. The molecule has 0 aromatic rings. The fraction of sp³-hybridized carbons (Fsp3) is 0.516. The van der Waals surface area contributed by atoms with Gasteiger partial charge in [-0.15, -0.1) is 0 Å². The van der Waals surface area contributed by atoms with Crippen LogP contribution in [0.2, 0.25) is 0 Å². The Morgan fingerprint density at radius 2 is 1.21 bits per heavy atom. The van der Waals surface area contributed by atoms with Crippen LogP contribution in [-0.2, 0) is 4.79 Å². The van der Waals surface area contributed by atoms with Crippen LogP contribution in [0.3, 0.4) is 0 Å². The topological polar surface area (TPSA) is 49.3 Å². The van der Waals surface area contributed by atoms with Crippen LogP contribution in [0.25, 0.3) is 0 Å². The molecule has 1 unspecified atom stereocenters. The standard InChI is InChI=1S/C31H49NO2/c1-4-7-10-12-13-14-15-16-17-18-19-20-21-22-23-26-30(33)32-29-31(34,27-24-9-6-3)28-25-11-8-5-2/h4,7,10,12-16,19-23,26,34H,5-6,8-9,11,17-18,24-25,27-29H2,1-3H3,(H,32,33). The Balaban J connectivity index is 4.23. The lowest BCUT2D eigenvalue weighted by molar-refractivity contribution is -0.118. The first-order valence-electron chi connectivity index (χ1n) is 13.2. The molecule has 0 aromatic carbocycles. The van der Waals surface area contributed by atoms with E-state index in [1.807, 2.05) is 61.6 Å². The normalized spacial score (nSPS) is 14.8. The lowest BCUT2D eigenvalue weighted by Gasteiger charge is -2.28. The van der Waals surface area contributed by atoms with E-state index in [1.54, 1.807) is 6.08 Å². The summed E-state index contributed by atoms with van der Waals surface area (Å²) >= 11 is 0. The molecule has 0 aliphatic heterocycles. The number of amides is 1. The molecular formula is C31H49NO2. The predicted octanol–water partition coefficient (Wildman–Crippen LogP) is 8.08. The van der Waals surface area contributed by atoms with Crippen molar-refractivity contribution in [2.45, 2.75) is 97.0 Å². The molecule has 1 atom stereocenters. The molecule has 0 aliphatic rings. The Morgan fingerprint density at radius 1 is 0.706 bits per heavy atom. The van der Waals surface area contributed by atoms with Gasteiger partial charge in [-0.25, -0.2) is 0 Å². The molecule has 0 bridgehead atoms. The van der Waals surface area contributed by atoms with Crippen molar-refractivity contribution in [3.8, 4) is 0 Å². The molecule has 3 nitrogen and oxygen atoms in total. The molecule has 3 heteroatoms. The maximum Gasteiger partial charge on any atom is 0.244 e. The summed E-state index contributed by atoms with van der Waals surface area (Å²) in [5.41, 5.74) is -0.793. The molecule has 0 aliphatic carbocycles. The molecule has 0 spiro atoms. The molecule has 0 aromatic heterocycles. The van der Waals surface area contributed by atoms with E-state index < -0.39 is 5.60 Å². The van der Waals surface area contributed by atoms with Gasteiger partial charge in [-0.3, -0.25) is 4.79 Å². The summed E-state index contributed by atoms with van der Waals surface area (Å²) in [6.07, 6.45) is 38.6. The van der Waals surface area contributed by atoms with Gasteiger partial charge in [0.15, 0.2) is 0 Å². The second kappa shape index (κ2) is 23.8. The van der Waals surface area contributed by atoms with E-state index in [4.69, 9.17) is 0 Å². The smallest absolute Gasteiger partial charge is 0.244 e. The van der Waals surface area contributed by atoms with Gasteiger partial charge in [-0.1, -0.05) is 138 Å². The monoisotopic (exact) mass is 467 g/mol. The number of unbranched alkanes of at least 4 members (excludes halogenated alkanes) is 6. The lowest BCUT2D eigenvalue weighted by atomic mass is 9.90. The molecule has 190 valence electrons. The minimum absolute atomic E-state index is 0.158. The van der Waals surface area contributed by atoms with E-state index in [-0.39, 0.29) is 5.91 Å². The van der Waals surface area contributed by atoms with Gasteiger partial charge in [0, 0.05) is 12.6 Å². The van der Waals surface area contributed by atoms with Crippen LogP contribution in [-0.4, -0.2) is 23.2 Å². The number of carbonyl (C=O) groups excluding carboxylic acids is 1. The maximum atomic E-state index is 12.1. The fourth-order valence-corrected chi connectivity index (χ4v) is 3.38. The van der Waals surface area contributed by atoms with Gasteiger partial charge in [0.05, 0.1) is 5.60 Å². The van der Waals surface area contributed by atoms with Crippen molar-refractivity contribution in [2.24, 2.45) is 0 Å². The second-order valence-corrected chi connectivity index (χ2v) is 8.68. The number of allylic oxidation sites excluding steroid dienone is 13. The van der Waals surface area contributed by atoms with Crippen molar-refractivity contribution in [1.82, 2.24) is 5.32 Å². The molecule has 0 radical (unpaired) electrons. The van der Waals surface area contributed by atoms with Crippen molar-refractivity contribution in [3.63, 3.8) is 0 Å². The van der Waals surface area contributed by atoms with Crippen molar-refractivity contribution >= 4 is 5.91 Å². The van der Waals surface area contributed by atoms with Crippen LogP contribution in [0.15, 0.2) is 85.1 Å². The molecule has 1 amide bonds. The first-order chi connectivity index (χ1) is 16.6. The van der Waals surface area contributed by atoms with Crippen LogP contribution in [0.4, 0.5) is 0 Å². The van der Waals surface area contributed by atoms with Gasteiger partial charge < -0.3 is 10.4 Å². The van der Waals surface area contributed by atoms with Crippen LogP contribution < -0.4 is 5.32 Å². The number of hydrogen-bond acceptors (Lipinski definition) is 2. The minimum Gasteiger partial charge on any atom is -0.388 e. The van der Waals surface area contributed by atoms with Crippen molar-refractivity contribution in [3.05, 3.63) is 85.1 Å². The largest absolute Gasteiger partial charge is 0.388 e. The molecule has 0 rings (SSSR count). The van der Waals surface area contributed by atoms with Crippen molar-refractivity contribution in [2.75, 3.05) is 6.54 Å². The second-order valence-electron chi connectivity index (χ2n) is 8.68. The summed E-state index contributed by atoms with van der Waals surface area (Å²) in [5, 5.41) is 13.9. The maximum absolute atomic E-state index is 12.1. The highest BCUT2D eigenvalue weighted by molar-refractivity contribution is 5.87. The first-order valence-corrected chi connectivity index (χ1v) is 13.2. The molecule has 0 saturated carbocycles. The SMILES string of the molecule is CC=CC=CC=CC=CCCC=CC=CC=CC(=O)NCC(O)(CCCCC)CCCCCC. The van der Waals surface area contributed by atoms with E-state index in [9.17, 15) is 9.90 Å². The predicted molar refractivity (Wildman–Crippen MR) is 150 cm³/mol. The third kappa shape index (κ3) is 21.5. The Kier molecular flexibility index (Phi) is 22.1. The Bertz CT molecular complexity index is 694. The molecule has 0 saturated heterocycles. The molecule has 0 fully saturated rings. The third-order valence-corrected chi connectivity index (χ3v) is 5.43. The van der Waals surface area contributed by atoms with E-state index in [1.165, 1.54) is 18.9 Å². The minimum atomic E-state index is -0.793. The van der Waals surface area contributed by atoms with Crippen LogP contribution in [0, 0.1) is 0 Å². The number of aliphatic hydroxyl groups is 1. The molecular weight excluding hydrogens is 418 g/mol. The summed E-state index contributed by atoms with van der Waals surface area (Å²) in [6.45, 7) is 6.67. The van der Waals surface area contributed by atoms with Crippen LogP contribution in [0.1, 0.15) is 91.4 Å². The molecule has 2 N–H and O–H groups in total. The first kappa shape index (κ1) is 31.6. The average Bonchev–Trinajstić information content (AvgIpc) is 2.83.